The minimum Gasteiger partial charge on any atom is -0.294 e. The van der Waals surface area contributed by atoms with Crippen molar-refractivity contribution in [3.8, 4) is 0 Å². The van der Waals surface area contributed by atoms with Gasteiger partial charge in [-0.25, -0.2) is 0 Å². The summed E-state index contributed by atoms with van der Waals surface area (Å²) in [4.78, 5) is 14.8. The standard InChI is InChI=1S/C14H22OS/c1-5-7-12(8-6-2)14(15)13-9-10(3)16-11(13)4/h9,12H,5-8H2,1-4H3. The van der Waals surface area contributed by atoms with Crippen LogP contribution in [0.1, 0.15) is 59.6 Å². The lowest BCUT2D eigenvalue weighted by Crippen LogP contribution is -2.14. The van der Waals surface area contributed by atoms with E-state index in [1.165, 1.54) is 9.75 Å². The molecule has 0 fully saturated rings. The van der Waals surface area contributed by atoms with Gasteiger partial charge in [0.1, 0.15) is 0 Å². The highest BCUT2D eigenvalue weighted by molar-refractivity contribution is 7.12. The van der Waals surface area contributed by atoms with Gasteiger partial charge in [-0.05, 0) is 32.8 Å². The highest BCUT2D eigenvalue weighted by Crippen LogP contribution is 2.26. The Kier molecular flexibility index (Phi) is 5.20. The van der Waals surface area contributed by atoms with Crippen molar-refractivity contribution in [1.29, 1.82) is 0 Å². The Bertz CT molecular complexity index is 346. The summed E-state index contributed by atoms with van der Waals surface area (Å²) in [6.07, 6.45) is 4.25. The second kappa shape index (κ2) is 6.19. The maximum atomic E-state index is 12.4. The molecule has 1 rings (SSSR count). The Labute approximate surface area is 103 Å². The quantitative estimate of drug-likeness (QED) is 0.653. The molecule has 0 atom stereocenters. The lowest BCUT2D eigenvalue weighted by Gasteiger charge is -2.13. The van der Waals surface area contributed by atoms with Gasteiger partial charge in [-0.2, -0.15) is 0 Å². The van der Waals surface area contributed by atoms with Crippen LogP contribution in [0, 0.1) is 19.8 Å². The van der Waals surface area contributed by atoms with E-state index in [-0.39, 0.29) is 5.92 Å². The zero-order chi connectivity index (χ0) is 12.1. The van der Waals surface area contributed by atoms with Crippen LogP contribution in [-0.4, -0.2) is 5.78 Å². The molecule has 0 spiro atoms. The third kappa shape index (κ3) is 3.18. The van der Waals surface area contributed by atoms with E-state index < -0.39 is 0 Å². The molecule has 0 amide bonds. The van der Waals surface area contributed by atoms with Crippen molar-refractivity contribution in [2.75, 3.05) is 0 Å². The second-order valence-corrected chi connectivity index (χ2v) is 5.93. The second-order valence-electron chi connectivity index (χ2n) is 4.47. The molecule has 0 aromatic carbocycles. The third-order valence-corrected chi connectivity index (χ3v) is 3.92. The van der Waals surface area contributed by atoms with Gasteiger partial charge in [-0.3, -0.25) is 4.79 Å². The van der Waals surface area contributed by atoms with Crippen LogP contribution in [0.4, 0.5) is 0 Å². The van der Waals surface area contributed by atoms with E-state index in [1.54, 1.807) is 11.3 Å². The summed E-state index contributed by atoms with van der Waals surface area (Å²) in [6, 6.07) is 2.06. The van der Waals surface area contributed by atoms with E-state index in [4.69, 9.17) is 0 Å². The average Bonchev–Trinajstić information content (AvgIpc) is 2.56. The lowest BCUT2D eigenvalue weighted by atomic mass is 9.90. The van der Waals surface area contributed by atoms with E-state index in [1.807, 2.05) is 0 Å². The molecule has 0 aliphatic heterocycles. The number of thiophene rings is 1. The van der Waals surface area contributed by atoms with Gasteiger partial charge < -0.3 is 0 Å². The normalized spacial score (nSPS) is 11.1. The molecule has 0 N–H and O–H groups in total. The lowest BCUT2D eigenvalue weighted by molar-refractivity contribution is 0.0905. The van der Waals surface area contributed by atoms with Crippen molar-refractivity contribution in [3.63, 3.8) is 0 Å². The molecule has 1 heterocycles. The van der Waals surface area contributed by atoms with Crippen LogP contribution in [0.15, 0.2) is 6.07 Å². The SMILES string of the molecule is CCCC(CCC)C(=O)c1cc(C)sc1C. The molecule has 2 heteroatoms. The minimum atomic E-state index is 0.239. The predicted octanol–water partition coefficient (Wildman–Crippen LogP) is 4.76. The highest BCUT2D eigenvalue weighted by atomic mass is 32.1. The Morgan fingerprint density at radius 1 is 1.25 bits per heavy atom. The molecular formula is C14H22OS. The third-order valence-electron chi connectivity index (χ3n) is 2.95. The molecule has 1 aromatic rings. The molecule has 1 nitrogen and oxygen atoms in total. The molecule has 0 radical (unpaired) electrons. The molecule has 0 aliphatic rings. The summed E-state index contributed by atoms with van der Waals surface area (Å²) in [7, 11) is 0. The topological polar surface area (TPSA) is 17.1 Å². The van der Waals surface area contributed by atoms with Crippen LogP contribution in [-0.2, 0) is 0 Å². The zero-order valence-corrected chi connectivity index (χ0v) is 11.6. The molecule has 0 aliphatic carbocycles. The van der Waals surface area contributed by atoms with Gasteiger partial charge in [0, 0.05) is 21.2 Å². The summed E-state index contributed by atoms with van der Waals surface area (Å²) in [5.41, 5.74) is 0.967. The van der Waals surface area contributed by atoms with Crippen LogP contribution in [0.2, 0.25) is 0 Å². The zero-order valence-electron chi connectivity index (χ0n) is 10.8. The van der Waals surface area contributed by atoms with Crippen LogP contribution in [0.3, 0.4) is 0 Å². The number of carbonyl (C=O) groups excluding carboxylic acids is 1. The predicted molar refractivity (Wildman–Crippen MR) is 71.4 cm³/mol. The molecule has 1 aromatic heterocycles. The number of ketones is 1. The van der Waals surface area contributed by atoms with Crippen LogP contribution in [0.25, 0.3) is 0 Å². The summed E-state index contributed by atoms with van der Waals surface area (Å²) in [5, 5.41) is 0. The van der Waals surface area contributed by atoms with Gasteiger partial charge in [-0.15, -0.1) is 11.3 Å². The van der Waals surface area contributed by atoms with Crippen LogP contribution in [0.5, 0.6) is 0 Å². The maximum Gasteiger partial charge on any atom is 0.167 e. The smallest absolute Gasteiger partial charge is 0.167 e. The van der Waals surface area contributed by atoms with Crippen molar-refractivity contribution < 1.29 is 4.79 Å². The van der Waals surface area contributed by atoms with Gasteiger partial charge in [0.2, 0.25) is 0 Å². The summed E-state index contributed by atoms with van der Waals surface area (Å²) in [5.74, 6) is 0.605. The number of hydrogen-bond donors (Lipinski definition) is 0. The van der Waals surface area contributed by atoms with Gasteiger partial charge >= 0.3 is 0 Å². The van der Waals surface area contributed by atoms with E-state index in [9.17, 15) is 4.79 Å². The number of aryl methyl sites for hydroxylation is 2. The fourth-order valence-corrected chi connectivity index (χ4v) is 3.13. The molecule has 0 saturated carbocycles. The highest BCUT2D eigenvalue weighted by Gasteiger charge is 2.21. The molecular weight excluding hydrogens is 216 g/mol. The summed E-state index contributed by atoms with van der Waals surface area (Å²) < 4.78 is 0. The Hall–Kier alpha value is -0.630. The number of hydrogen-bond acceptors (Lipinski definition) is 2. The molecule has 0 unspecified atom stereocenters. The largest absolute Gasteiger partial charge is 0.294 e. The maximum absolute atomic E-state index is 12.4. The van der Waals surface area contributed by atoms with Gasteiger partial charge in [0.05, 0.1) is 0 Å². The first-order chi connectivity index (χ1) is 7.60. The number of rotatable bonds is 6. The van der Waals surface area contributed by atoms with E-state index in [0.29, 0.717) is 5.78 Å². The van der Waals surface area contributed by atoms with E-state index in [2.05, 4.69) is 33.8 Å². The van der Waals surface area contributed by atoms with Crippen molar-refractivity contribution in [3.05, 3.63) is 21.4 Å². The van der Waals surface area contributed by atoms with Crippen molar-refractivity contribution in [2.45, 2.75) is 53.4 Å². The Morgan fingerprint density at radius 3 is 2.19 bits per heavy atom. The number of carbonyl (C=O) groups is 1. The first kappa shape index (κ1) is 13.4. The van der Waals surface area contributed by atoms with Crippen molar-refractivity contribution >= 4 is 17.1 Å². The Balaban J connectivity index is 2.85. The van der Waals surface area contributed by atoms with E-state index >= 15 is 0 Å². The molecule has 0 saturated heterocycles. The van der Waals surface area contributed by atoms with Gasteiger partial charge in [-0.1, -0.05) is 26.7 Å². The molecule has 90 valence electrons. The molecule has 0 bridgehead atoms. The first-order valence-corrected chi connectivity index (χ1v) is 7.03. The Morgan fingerprint density at radius 2 is 1.81 bits per heavy atom. The summed E-state index contributed by atoms with van der Waals surface area (Å²) in [6.45, 7) is 8.44. The van der Waals surface area contributed by atoms with Gasteiger partial charge in [0.25, 0.3) is 0 Å². The van der Waals surface area contributed by atoms with Crippen LogP contribution >= 0.6 is 11.3 Å². The van der Waals surface area contributed by atoms with Gasteiger partial charge in [0.15, 0.2) is 5.78 Å². The summed E-state index contributed by atoms with van der Waals surface area (Å²) >= 11 is 1.73. The van der Waals surface area contributed by atoms with Crippen LogP contribution < -0.4 is 0 Å². The van der Waals surface area contributed by atoms with E-state index in [0.717, 1.165) is 31.2 Å². The minimum absolute atomic E-state index is 0.239. The number of Topliss-reactive ketones (excluding diaryl/α,β-unsaturated/α-hetero) is 1. The average molecular weight is 238 g/mol. The monoisotopic (exact) mass is 238 g/mol. The fourth-order valence-electron chi connectivity index (χ4n) is 2.20. The van der Waals surface area contributed by atoms with Crippen molar-refractivity contribution in [2.24, 2.45) is 5.92 Å². The first-order valence-electron chi connectivity index (χ1n) is 6.21. The molecule has 16 heavy (non-hydrogen) atoms. The van der Waals surface area contributed by atoms with Crippen molar-refractivity contribution in [1.82, 2.24) is 0 Å². The fraction of sp³-hybridized carbons (Fsp3) is 0.643.